The second-order valence-electron chi connectivity index (χ2n) is 3.65. The minimum Gasteiger partial charge on any atom is -0.390 e. The van der Waals surface area contributed by atoms with Gasteiger partial charge in [-0.05, 0) is 30.1 Å². The zero-order valence-corrected chi connectivity index (χ0v) is 7.93. The number of hydrogen-bond donors (Lipinski definition) is 2. The van der Waals surface area contributed by atoms with Gasteiger partial charge in [0, 0.05) is 0 Å². The summed E-state index contributed by atoms with van der Waals surface area (Å²) in [4.78, 5) is 0. The number of hydrogen-bond acceptors (Lipinski definition) is 2. The molecule has 2 heteroatoms. The van der Waals surface area contributed by atoms with Crippen molar-refractivity contribution in [2.75, 3.05) is 0 Å². The van der Waals surface area contributed by atoms with Crippen molar-refractivity contribution < 1.29 is 10.2 Å². The summed E-state index contributed by atoms with van der Waals surface area (Å²) in [5, 5.41) is 18.8. The van der Waals surface area contributed by atoms with Crippen molar-refractivity contribution in [1.29, 1.82) is 0 Å². The Morgan fingerprint density at radius 1 is 1.07 bits per heavy atom. The third-order valence-electron chi connectivity index (χ3n) is 2.62. The van der Waals surface area contributed by atoms with Crippen LogP contribution in [0.25, 0.3) is 5.57 Å². The van der Waals surface area contributed by atoms with Gasteiger partial charge in [-0.3, -0.25) is 0 Å². The highest BCUT2D eigenvalue weighted by Crippen LogP contribution is 2.26. The summed E-state index contributed by atoms with van der Waals surface area (Å²) in [6.07, 6.45) is 1.93. The molecule has 74 valence electrons. The lowest BCUT2D eigenvalue weighted by atomic mass is 9.90. The molecule has 0 saturated carbocycles. The minimum absolute atomic E-state index is 0.595. The Morgan fingerprint density at radius 3 is 2.43 bits per heavy atom. The molecule has 0 saturated heterocycles. The molecule has 0 heterocycles. The Morgan fingerprint density at radius 2 is 1.79 bits per heavy atom. The minimum atomic E-state index is -0.709. The van der Waals surface area contributed by atoms with Gasteiger partial charge in [0.15, 0.2) is 0 Å². The van der Waals surface area contributed by atoms with E-state index in [2.05, 4.69) is 0 Å². The summed E-state index contributed by atoms with van der Waals surface area (Å²) in [7, 11) is 0. The molecule has 1 aromatic carbocycles. The van der Waals surface area contributed by atoms with Crippen LogP contribution in [0.3, 0.4) is 0 Å². The quantitative estimate of drug-likeness (QED) is 0.706. The van der Waals surface area contributed by atoms with Crippen LogP contribution in [0.1, 0.15) is 18.4 Å². The average Bonchev–Trinajstić information content (AvgIpc) is 2.23. The summed E-state index contributed by atoms with van der Waals surface area (Å²) in [5.41, 5.74) is 2.27. The fourth-order valence-electron chi connectivity index (χ4n) is 1.77. The fraction of sp³-hybridized carbons (Fsp3) is 0.333. The molecule has 1 aliphatic carbocycles. The third kappa shape index (κ3) is 1.86. The monoisotopic (exact) mass is 190 g/mol. The molecule has 2 atom stereocenters. The van der Waals surface area contributed by atoms with Crippen molar-refractivity contribution in [3.8, 4) is 0 Å². The van der Waals surface area contributed by atoms with E-state index in [1.807, 2.05) is 30.3 Å². The van der Waals surface area contributed by atoms with Crippen LogP contribution in [0.2, 0.25) is 0 Å². The lowest BCUT2D eigenvalue weighted by Gasteiger charge is -2.22. The van der Waals surface area contributed by atoms with Gasteiger partial charge in [-0.2, -0.15) is 0 Å². The van der Waals surface area contributed by atoms with Crippen molar-refractivity contribution in [2.24, 2.45) is 0 Å². The maximum absolute atomic E-state index is 9.48. The zero-order valence-electron chi connectivity index (χ0n) is 7.93. The number of rotatable bonds is 1. The van der Waals surface area contributed by atoms with Crippen LogP contribution in [0.15, 0.2) is 36.4 Å². The maximum Gasteiger partial charge on any atom is 0.0985 e. The van der Waals surface area contributed by atoms with Crippen LogP contribution >= 0.6 is 0 Å². The van der Waals surface area contributed by atoms with E-state index in [0.717, 1.165) is 17.6 Å². The molecule has 0 bridgehead atoms. The molecule has 2 N–H and O–H groups in total. The van der Waals surface area contributed by atoms with E-state index in [1.165, 1.54) is 0 Å². The number of allylic oxidation sites excluding steroid dienone is 1. The van der Waals surface area contributed by atoms with Gasteiger partial charge >= 0.3 is 0 Å². The van der Waals surface area contributed by atoms with E-state index in [4.69, 9.17) is 0 Å². The average molecular weight is 190 g/mol. The van der Waals surface area contributed by atoms with E-state index in [9.17, 15) is 10.2 Å². The Labute approximate surface area is 83.5 Å². The van der Waals surface area contributed by atoms with Gasteiger partial charge in [0.25, 0.3) is 0 Å². The molecule has 0 radical (unpaired) electrons. The predicted molar refractivity (Wildman–Crippen MR) is 55.7 cm³/mol. The second kappa shape index (κ2) is 3.95. The van der Waals surface area contributed by atoms with Gasteiger partial charge in [-0.25, -0.2) is 0 Å². The SMILES string of the molecule is O[C@@H]1CCC(c2ccccc2)=C[C@@H]1O. The molecule has 2 rings (SSSR count). The summed E-state index contributed by atoms with van der Waals surface area (Å²) in [6, 6.07) is 9.98. The third-order valence-corrected chi connectivity index (χ3v) is 2.62. The van der Waals surface area contributed by atoms with Crippen molar-refractivity contribution >= 4 is 5.57 Å². The maximum atomic E-state index is 9.48. The number of benzene rings is 1. The van der Waals surface area contributed by atoms with E-state index in [0.29, 0.717) is 6.42 Å². The van der Waals surface area contributed by atoms with E-state index >= 15 is 0 Å². The lowest BCUT2D eigenvalue weighted by Crippen LogP contribution is -2.27. The topological polar surface area (TPSA) is 40.5 Å². The van der Waals surface area contributed by atoms with Gasteiger partial charge in [0.05, 0.1) is 12.2 Å². The first-order valence-corrected chi connectivity index (χ1v) is 4.89. The smallest absolute Gasteiger partial charge is 0.0985 e. The first-order chi connectivity index (χ1) is 6.77. The van der Waals surface area contributed by atoms with Crippen LogP contribution in [0.5, 0.6) is 0 Å². The van der Waals surface area contributed by atoms with Crippen LogP contribution in [-0.2, 0) is 0 Å². The van der Waals surface area contributed by atoms with Crippen LogP contribution in [-0.4, -0.2) is 22.4 Å². The Balaban J connectivity index is 2.24. The molecule has 0 aliphatic heterocycles. The highest BCUT2D eigenvalue weighted by atomic mass is 16.3. The molecule has 1 aliphatic rings. The molecule has 2 nitrogen and oxygen atoms in total. The Bertz CT molecular complexity index is 329. The Kier molecular flexibility index (Phi) is 2.66. The largest absolute Gasteiger partial charge is 0.390 e. The lowest BCUT2D eigenvalue weighted by molar-refractivity contribution is 0.0403. The van der Waals surface area contributed by atoms with Crippen molar-refractivity contribution in [3.05, 3.63) is 42.0 Å². The number of aliphatic hydroxyl groups excluding tert-OH is 2. The van der Waals surface area contributed by atoms with Gasteiger partial charge in [-0.15, -0.1) is 0 Å². The Hall–Kier alpha value is -1.12. The molecule has 0 unspecified atom stereocenters. The van der Waals surface area contributed by atoms with E-state index in [-0.39, 0.29) is 0 Å². The molecule has 14 heavy (non-hydrogen) atoms. The van der Waals surface area contributed by atoms with Crippen molar-refractivity contribution in [2.45, 2.75) is 25.0 Å². The standard InChI is InChI=1S/C12H14O2/c13-11-7-6-10(8-12(11)14)9-4-2-1-3-5-9/h1-5,8,11-14H,6-7H2/t11-,12+/m1/s1. The van der Waals surface area contributed by atoms with Gasteiger partial charge in [0.2, 0.25) is 0 Å². The van der Waals surface area contributed by atoms with Gasteiger partial charge in [0.1, 0.15) is 0 Å². The van der Waals surface area contributed by atoms with Gasteiger partial charge < -0.3 is 10.2 Å². The summed E-state index contributed by atoms with van der Waals surface area (Å²) < 4.78 is 0. The molecule has 1 aromatic rings. The van der Waals surface area contributed by atoms with Gasteiger partial charge in [-0.1, -0.05) is 30.3 Å². The first kappa shape index (κ1) is 9.44. The summed E-state index contributed by atoms with van der Waals surface area (Å²) in [6.45, 7) is 0. The second-order valence-corrected chi connectivity index (χ2v) is 3.65. The van der Waals surface area contributed by atoms with Crippen molar-refractivity contribution in [3.63, 3.8) is 0 Å². The van der Waals surface area contributed by atoms with E-state index < -0.39 is 12.2 Å². The highest BCUT2D eigenvalue weighted by molar-refractivity contribution is 5.66. The molecule has 0 aromatic heterocycles. The molecule has 0 amide bonds. The molecular weight excluding hydrogens is 176 g/mol. The van der Waals surface area contributed by atoms with Crippen LogP contribution in [0.4, 0.5) is 0 Å². The first-order valence-electron chi connectivity index (χ1n) is 4.89. The van der Waals surface area contributed by atoms with Crippen LogP contribution in [0, 0.1) is 0 Å². The van der Waals surface area contributed by atoms with Crippen LogP contribution < -0.4 is 0 Å². The fourth-order valence-corrected chi connectivity index (χ4v) is 1.77. The predicted octanol–water partition coefficient (Wildman–Crippen LogP) is 1.59. The molecular formula is C12H14O2. The highest BCUT2D eigenvalue weighted by Gasteiger charge is 2.20. The molecule has 0 fully saturated rings. The molecule has 0 spiro atoms. The zero-order chi connectivity index (χ0) is 9.97. The summed E-state index contributed by atoms with van der Waals surface area (Å²) >= 11 is 0. The van der Waals surface area contributed by atoms with Crippen molar-refractivity contribution in [1.82, 2.24) is 0 Å². The summed E-state index contributed by atoms with van der Waals surface area (Å²) in [5.74, 6) is 0. The van der Waals surface area contributed by atoms with E-state index in [1.54, 1.807) is 6.08 Å². The number of aliphatic hydroxyl groups is 2. The normalized spacial score (nSPS) is 27.1.